The predicted octanol–water partition coefficient (Wildman–Crippen LogP) is 3.69. The summed E-state index contributed by atoms with van der Waals surface area (Å²) in [6, 6.07) is 10.9. The number of fused-ring (bicyclic) bond motifs is 1. The molecule has 7 heteroatoms. The molecule has 1 saturated carbocycles. The van der Waals surface area contributed by atoms with Gasteiger partial charge in [-0.3, -0.25) is 14.4 Å². The monoisotopic (exact) mass is 391 g/mol. The summed E-state index contributed by atoms with van der Waals surface area (Å²) in [4.78, 5) is 18.2. The van der Waals surface area contributed by atoms with Crippen LogP contribution in [0, 0.1) is 5.82 Å². The molecule has 0 radical (unpaired) electrons. The van der Waals surface area contributed by atoms with E-state index >= 15 is 0 Å². The summed E-state index contributed by atoms with van der Waals surface area (Å²) in [7, 11) is 0. The number of nitrogens with one attached hydrogen (secondary N) is 1. The Kier molecular flexibility index (Phi) is 4.39. The molecule has 1 aromatic carbocycles. The van der Waals surface area contributed by atoms with Crippen molar-refractivity contribution < 1.29 is 9.18 Å². The van der Waals surface area contributed by atoms with Crippen LogP contribution in [0.1, 0.15) is 25.5 Å². The molecule has 3 heterocycles. The lowest BCUT2D eigenvalue weighted by atomic mass is 9.98. The van der Waals surface area contributed by atoms with Crippen LogP contribution in [0.15, 0.2) is 42.6 Å². The zero-order valence-corrected chi connectivity index (χ0v) is 16.2. The average Bonchev–Trinajstić information content (AvgIpc) is 3.48. The molecule has 0 atom stereocenters. The Morgan fingerprint density at radius 1 is 1.14 bits per heavy atom. The maximum absolute atomic E-state index is 13.5. The van der Waals surface area contributed by atoms with E-state index in [2.05, 4.69) is 19.9 Å². The molecule has 1 N–H and O–H groups in total. The third-order valence-electron chi connectivity index (χ3n) is 5.54. The number of benzene rings is 1. The minimum absolute atomic E-state index is 0.162. The highest BCUT2D eigenvalue weighted by atomic mass is 19.1. The summed E-state index contributed by atoms with van der Waals surface area (Å²) in [5.41, 5.74) is 4.83. The van der Waals surface area contributed by atoms with E-state index in [4.69, 9.17) is 5.10 Å². The molecule has 29 heavy (non-hydrogen) atoms. The highest BCUT2D eigenvalue weighted by Gasteiger charge is 2.34. The highest BCUT2D eigenvalue weighted by Crippen LogP contribution is 2.39. The lowest BCUT2D eigenvalue weighted by Gasteiger charge is -2.28. The topological polar surface area (TPSA) is 63.1 Å². The van der Waals surface area contributed by atoms with Crippen LogP contribution >= 0.6 is 0 Å². The Bertz CT molecular complexity index is 1070. The van der Waals surface area contributed by atoms with E-state index < -0.39 is 0 Å². The van der Waals surface area contributed by atoms with Crippen LogP contribution < -0.4 is 5.32 Å². The summed E-state index contributed by atoms with van der Waals surface area (Å²) < 4.78 is 15.6. The first-order chi connectivity index (χ1) is 14.1. The molecular weight excluding hydrogens is 369 g/mol. The SMILES string of the molecule is CC(=O)Nc1cc(-c2c(-c3ccc(F)cc3)nn3c2CN(C2CC2)CC3)ccn1. The Labute approximate surface area is 168 Å². The zero-order chi connectivity index (χ0) is 20.0. The van der Waals surface area contributed by atoms with Gasteiger partial charge in [-0.25, -0.2) is 9.37 Å². The smallest absolute Gasteiger partial charge is 0.222 e. The van der Waals surface area contributed by atoms with Crippen LogP contribution in [0.25, 0.3) is 22.4 Å². The maximum Gasteiger partial charge on any atom is 0.222 e. The second-order valence-corrected chi connectivity index (χ2v) is 7.71. The van der Waals surface area contributed by atoms with Crippen molar-refractivity contribution in [2.45, 2.75) is 38.9 Å². The Balaban J connectivity index is 1.64. The van der Waals surface area contributed by atoms with Gasteiger partial charge >= 0.3 is 0 Å². The number of carbonyl (C=O) groups excluding carboxylic acids is 1. The first-order valence-electron chi connectivity index (χ1n) is 9.92. The van der Waals surface area contributed by atoms with E-state index in [1.165, 1.54) is 31.9 Å². The Morgan fingerprint density at radius 3 is 2.66 bits per heavy atom. The maximum atomic E-state index is 13.5. The zero-order valence-electron chi connectivity index (χ0n) is 16.2. The number of pyridine rings is 1. The molecule has 0 saturated heterocycles. The summed E-state index contributed by atoms with van der Waals surface area (Å²) in [6.07, 6.45) is 4.22. The van der Waals surface area contributed by atoms with Gasteiger partial charge in [-0.15, -0.1) is 0 Å². The minimum Gasteiger partial charge on any atom is -0.311 e. The first kappa shape index (κ1) is 18.0. The first-order valence-corrected chi connectivity index (χ1v) is 9.92. The highest BCUT2D eigenvalue weighted by molar-refractivity contribution is 5.89. The van der Waals surface area contributed by atoms with Gasteiger partial charge in [0.05, 0.1) is 12.2 Å². The molecule has 1 amide bonds. The molecule has 2 aliphatic rings. The lowest BCUT2D eigenvalue weighted by molar-refractivity contribution is -0.114. The second-order valence-electron chi connectivity index (χ2n) is 7.71. The number of anilines is 1. The van der Waals surface area contributed by atoms with E-state index in [0.717, 1.165) is 47.7 Å². The van der Waals surface area contributed by atoms with Crippen LogP contribution in [0.2, 0.25) is 0 Å². The molecule has 3 aromatic rings. The molecule has 0 spiro atoms. The number of carbonyl (C=O) groups is 1. The van der Waals surface area contributed by atoms with Gasteiger partial charge in [0.1, 0.15) is 17.3 Å². The number of rotatable bonds is 4. The average molecular weight is 391 g/mol. The molecule has 1 aliphatic heterocycles. The van der Waals surface area contributed by atoms with Gasteiger partial charge in [-0.05, 0) is 54.8 Å². The van der Waals surface area contributed by atoms with E-state index in [0.29, 0.717) is 11.9 Å². The van der Waals surface area contributed by atoms with Gasteiger partial charge in [0.2, 0.25) is 5.91 Å². The van der Waals surface area contributed by atoms with Gasteiger partial charge in [0.25, 0.3) is 0 Å². The fourth-order valence-corrected chi connectivity index (χ4v) is 4.04. The van der Waals surface area contributed by atoms with Crippen molar-refractivity contribution in [3.8, 4) is 22.4 Å². The molecule has 0 bridgehead atoms. The summed E-state index contributed by atoms with van der Waals surface area (Å²) in [6.45, 7) is 4.14. The normalized spacial score (nSPS) is 16.5. The van der Waals surface area contributed by atoms with E-state index in [9.17, 15) is 9.18 Å². The van der Waals surface area contributed by atoms with E-state index in [1.54, 1.807) is 18.3 Å². The standard InChI is InChI=1S/C22H22FN5O/c1-14(29)25-20-12-16(8-9-24-20)21-19-13-27(18-6-7-18)10-11-28(19)26-22(21)15-2-4-17(23)5-3-15/h2-5,8-9,12,18H,6-7,10-11,13H2,1H3,(H,24,25,29). The van der Waals surface area contributed by atoms with Crippen molar-refractivity contribution in [1.82, 2.24) is 19.7 Å². The minimum atomic E-state index is -0.268. The predicted molar refractivity (Wildman–Crippen MR) is 109 cm³/mol. The Morgan fingerprint density at radius 2 is 1.93 bits per heavy atom. The van der Waals surface area contributed by atoms with Gasteiger partial charge in [0.15, 0.2) is 0 Å². The number of hydrogen-bond acceptors (Lipinski definition) is 4. The van der Waals surface area contributed by atoms with Crippen molar-refractivity contribution in [2.24, 2.45) is 0 Å². The van der Waals surface area contributed by atoms with E-state index in [-0.39, 0.29) is 11.7 Å². The van der Waals surface area contributed by atoms with E-state index in [1.807, 2.05) is 12.1 Å². The van der Waals surface area contributed by atoms with Crippen LogP contribution in [0.3, 0.4) is 0 Å². The number of nitrogens with zero attached hydrogens (tertiary/aromatic N) is 4. The summed E-state index contributed by atoms with van der Waals surface area (Å²) in [5, 5.41) is 7.65. The van der Waals surface area contributed by atoms with Crippen molar-refractivity contribution in [3.63, 3.8) is 0 Å². The summed E-state index contributed by atoms with van der Waals surface area (Å²) >= 11 is 0. The molecule has 1 aliphatic carbocycles. The summed E-state index contributed by atoms with van der Waals surface area (Å²) in [5.74, 6) is 0.0799. The van der Waals surface area contributed by atoms with Gasteiger partial charge < -0.3 is 5.32 Å². The fraction of sp³-hybridized carbons (Fsp3) is 0.318. The molecule has 0 unspecified atom stereocenters. The lowest BCUT2D eigenvalue weighted by Crippen LogP contribution is -2.35. The van der Waals surface area contributed by atoms with Gasteiger partial charge in [0, 0.05) is 43.4 Å². The molecule has 1 fully saturated rings. The van der Waals surface area contributed by atoms with Crippen LogP contribution in [-0.4, -0.2) is 38.2 Å². The van der Waals surface area contributed by atoms with Crippen molar-refractivity contribution in [2.75, 3.05) is 11.9 Å². The van der Waals surface area contributed by atoms with Gasteiger partial charge in [-0.2, -0.15) is 5.10 Å². The number of aromatic nitrogens is 3. The third-order valence-corrected chi connectivity index (χ3v) is 5.54. The molecule has 2 aromatic heterocycles. The van der Waals surface area contributed by atoms with Crippen molar-refractivity contribution in [1.29, 1.82) is 0 Å². The second kappa shape index (κ2) is 7.08. The van der Waals surface area contributed by atoms with Crippen LogP contribution in [0.4, 0.5) is 10.2 Å². The molecule has 5 rings (SSSR count). The van der Waals surface area contributed by atoms with Gasteiger partial charge in [-0.1, -0.05) is 0 Å². The van der Waals surface area contributed by atoms with Crippen molar-refractivity contribution in [3.05, 3.63) is 54.1 Å². The number of hydrogen-bond donors (Lipinski definition) is 1. The van der Waals surface area contributed by atoms with Crippen LogP contribution in [-0.2, 0) is 17.9 Å². The Hall–Kier alpha value is -3.06. The molecule has 6 nitrogen and oxygen atoms in total. The van der Waals surface area contributed by atoms with Crippen LogP contribution in [0.5, 0.6) is 0 Å². The third kappa shape index (κ3) is 3.53. The number of amides is 1. The molecule has 148 valence electrons. The largest absolute Gasteiger partial charge is 0.311 e. The fourth-order valence-electron chi connectivity index (χ4n) is 4.04. The molecular formula is C22H22FN5O. The quantitative estimate of drug-likeness (QED) is 0.737. The van der Waals surface area contributed by atoms with Crippen molar-refractivity contribution >= 4 is 11.7 Å². The number of halogens is 1.